The van der Waals surface area contributed by atoms with Crippen molar-refractivity contribution in [2.24, 2.45) is 0 Å². The summed E-state index contributed by atoms with van der Waals surface area (Å²) in [7, 11) is -1.79. The minimum absolute atomic E-state index is 0.185. The van der Waals surface area contributed by atoms with Gasteiger partial charge in [-0.15, -0.1) is 0 Å². The second-order valence-electron chi connectivity index (χ2n) is 9.10. The molecule has 0 saturated heterocycles. The fourth-order valence-electron chi connectivity index (χ4n) is 4.09. The van der Waals surface area contributed by atoms with Gasteiger partial charge >= 0.3 is 0 Å². The van der Waals surface area contributed by atoms with Crippen LogP contribution in [0.15, 0.2) is 66.7 Å². The van der Waals surface area contributed by atoms with E-state index in [0.29, 0.717) is 17.2 Å². The highest BCUT2D eigenvalue weighted by Gasteiger charge is 2.19. The molecule has 6 nitrogen and oxygen atoms in total. The number of sulfonamides is 1. The smallest absolute Gasteiger partial charge is 0.251 e. The lowest BCUT2D eigenvalue weighted by Gasteiger charge is -2.23. The van der Waals surface area contributed by atoms with Gasteiger partial charge in [0.2, 0.25) is 10.0 Å². The fourth-order valence-corrected chi connectivity index (χ4v) is 4.98. The van der Waals surface area contributed by atoms with E-state index in [-0.39, 0.29) is 18.5 Å². The number of ether oxygens (including phenoxy) is 1. The number of methoxy groups -OCH3 is 1. The SMILES string of the molecule is COc1cc(C)c(C(C)NC(=O)c2ccc(CN(c3ccccc3)S(C)(=O)=O)cc2)cc1C(C)C. The van der Waals surface area contributed by atoms with Crippen LogP contribution in [0.25, 0.3) is 0 Å². The first-order valence-corrected chi connectivity index (χ1v) is 13.5. The lowest BCUT2D eigenvalue weighted by atomic mass is 9.93. The number of benzene rings is 3. The lowest BCUT2D eigenvalue weighted by molar-refractivity contribution is 0.0940. The van der Waals surface area contributed by atoms with Gasteiger partial charge in [0.15, 0.2) is 0 Å². The number of carbonyl (C=O) groups excluding carboxylic acids is 1. The third-order valence-corrected chi connectivity index (χ3v) is 7.18. The molecule has 7 heteroatoms. The largest absolute Gasteiger partial charge is 0.496 e. The zero-order valence-electron chi connectivity index (χ0n) is 21.2. The minimum atomic E-state index is -3.46. The maximum absolute atomic E-state index is 13.0. The highest BCUT2D eigenvalue weighted by Crippen LogP contribution is 2.32. The molecular formula is C28H34N2O4S. The first-order chi connectivity index (χ1) is 16.5. The number of anilines is 1. The minimum Gasteiger partial charge on any atom is -0.496 e. The topological polar surface area (TPSA) is 75.7 Å². The van der Waals surface area contributed by atoms with Crippen molar-refractivity contribution < 1.29 is 17.9 Å². The number of nitrogens with zero attached hydrogens (tertiary/aromatic N) is 1. The van der Waals surface area contributed by atoms with Crippen LogP contribution >= 0.6 is 0 Å². The number of carbonyl (C=O) groups is 1. The first-order valence-electron chi connectivity index (χ1n) is 11.6. The van der Waals surface area contributed by atoms with E-state index in [1.165, 1.54) is 10.6 Å². The summed E-state index contributed by atoms with van der Waals surface area (Å²) in [5.41, 5.74) is 5.11. The van der Waals surface area contributed by atoms with E-state index in [1.807, 2.05) is 26.0 Å². The number of hydrogen-bond donors (Lipinski definition) is 1. The molecule has 1 amide bonds. The third kappa shape index (κ3) is 6.42. The Kier molecular flexibility index (Phi) is 8.22. The molecule has 35 heavy (non-hydrogen) atoms. The fraction of sp³-hybridized carbons (Fsp3) is 0.321. The molecule has 1 unspecified atom stereocenters. The Hall–Kier alpha value is -3.32. The maximum Gasteiger partial charge on any atom is 0.251 e. The summed E-state index contributed by atoms with van der Waals surface area (Å²) >= 11 is 0. The van der Waals surface area contributed by atoms with Crippen LogP contribution < -0.4 is 14.4 Å². The Labute approximate surface area is 209 Å². The lowest BCUT2D eigenvalue weighted by Crippen LogP contribution is -2.29. The van der Waals surface area contributed by atoms with Crippen molar-refractivity contribution in [3.8, 4) is 5.75 Å². The van der Waals surface area contributed by atoms with Gasteiger partial charge in [-0.1, -0.05) is 44.2 Å². The van der Waals surface area contributed by atoms with Crippen LogP contribution in [0.2, 0.25) is 0 Å². The number of para-hydroxylation sites is 1. The average Bonchev–Trinajstić information content (AvgIpc) is 2.82. The summed E-state index contributed by atoms with van der Waals surface area (Å²) in [5.74, 6) is 0.963. The summed E-state index contributed by atoms with van der Waals surface area (Å²) in [6.45, 7) is 8.40. The van der Waals surface area contributed by atoms with E-state index in [1.54, 1.807) is 55.6 Å². The monoisotopic (exact) mass is 494 g/mol. The van der Waals surface area contributed by atoms with Crippen LogP contribution in [-0.4, -0.2) is 27.7 Å². The van der Waals surface area contributed by atoms with Gasteiger partial charge in [0.25, 0.3) is 5.91 Å². The molecule has 0 spiro atoms. The van der Waals surface area contributed by atoms with Crippen LogP contribution in [0.1, 0.15) is 65.3 Å². The van der Waals surface area contributed by atoms with Crippen LogP contribution in [0.3, 0.4) is 0 Å². The number of amides is 1. The number of hydrogen-bond acceptors (Lipinski definition) is 4. The molecule has 0 bridgehead atoms. The summed E-state index contributed by atoms with van der Waals surface area (Å²) in [4.78, 5) is 13.0. The van der Waals surface area contributed by atoms with Gasteiger partial charge in [0, 0.05) is 5.56 Å². The predicted molar refractivity (Wildman–Crippen MR) is 142 cm³/mol. The van der Waals surface area contributed by atoms with Gasteiger partial charge in [0.05, 0.1) is 31.6 Å². The van der Waals surface area contributed by atoms with Crippen molar-refractivity contribution in [1.29, 1.82) is 0 Å². The molecule has 0 aliphatic carbocycles. The summed E-state index contributed by atoms with van der Waals surface area (Å²) in [6, 6.07) is 19.9. The van der Waals surface area contributed by atoms with E-state index < -0.39 is 10.0 Å². The van der Waals surface area contributed by atoms with E-state index in [2.05, 4.69) is 25.2 Å². The number of nitrogens with one attached hydrogen (secondary N) is 1. The van der Waals surface area contributed by atoms with E-state index in [0.717, 1.165) is 28.0 Å². The van der Waals surface area contributed by atoms with Gasteiger partial charge in [-0.05, 0) is 78.4 Å². The standard InChI is InChI=1S/C28H34N2O4S/c1-19(2)25-17-26(20(3)16-27(25)34-5)21(4)29-28(31)23-14-12-22(13-15-23)18-30(35(6,32)33)24-10-8-7-9-11-24/h7-17,19,21H,18H2,1-6H3,(H,29,31). The van der Waals surface area contributed by atoms with Crippen LogP contribution in [-0.2, 0) is 16.6 Å². The first kappa shape index (κ1) is 26.3. The van der Waals surface area contributed by atoms with E-state index >= 15 is 0 Å². The molecule has 3 aromatic rings. The highest BCUT2D eigenvalue weighted by atomic mass is 32.2. The summed E-state index contributed by atoms with van der Waals surface area (Å²) in [6.07, 6.45) is 1.19. The second-order valence-corrected chi connectivity index (χ2v) is 11.0. The van der Waals surface area contributed by atoms with Gasteiger partial charge in [-0.2, -0.15) is 0 Å². The zero-order chi connectivity index (χ0) is 25.8. The number of rotatable bonds is 9. The molecule has 0 radical (unpaired) electrons. The summed E-state index contributed by atoms with van der Waals surface area (Å²) in [5, 5.41) is 3.08. The van der Waals surface area contributed by atoms with Crippen molar-refractivity contribution in [3.05, 3.63) is 94.5 Å². The molecule has 0 aliphatic heterocycles. The molecule has 0 fully saturated rings. The Balaban J connectivity index is 1.75. The van der Waals surface area contributed by atoms with Gasteiger partial charge in [-0.3, -0.25) is 9.10 Å². The molecule has 1 N–H and O–H groups in total. The van der Waals surface area contributed by atoms with Crippen molar-refractivity contribution in [2.75, 3.05) is 17.7 Å². The Morgan fingerprint density at radius 1 is 0.971 bits per heavy atom. The molecule has 186 valence electrons. The van der Waals surface area contributed by atoms with Gasteiger partial charge < -0.3 is 10.1 Å². The molecule has 0 aliphatic rings. The predicted octanol–water partition coefficient (Wildman–Crippen LogP) is 5.58. The molecule has 3 rings (SSSR count). The number of aryl methyl sites for hydroxylation is 1. The zero-order valence-corrected chi connectivity index (χ0v) is 22.0. The Morgan fingerprint density at radius 3 is 2.14 bits per heavy atom. The summed E-state index contributed by atoms with van der Waals surface area (Å²) < 4.78 is 31.6. The van der Waals surface area contributed by atoms with Crippen molar-refractivity contribution >= 4 is 21.6 Å². The molecular weight excluding hydrogens is 460 g/mol. The highest BCUT2D eigenvalue weighted by molar-refractivity contribution is 7.92. The van der Waals surface area contributed by atoms with Gasteiger partial charge in [-0.25, -0.2) is 8.42 Å². The quantitative estimate of drug-likeness (QED) is 0.421. The Bertz CT molecular complexity index is 1270. The molecule has 0 heterocycles. The third-order valence-electron chi connectivity index (χ3n) is 6.04. The maximum atomic E-state index is 13.0. The van der Waals surface area contributed by atoms with Crippen molar-refractivity contribution in [1.82, 2.24) is 5.32 Å². The van der Waals surface area contributed by atoms with Crippen LogP contribution in [0.5, 0.6) is 5.75 Å². The average molecular weight is 495 g/mol. The van der Waals surface area contributed by atoms with Crippen molar-refractivity contribution in [2.45, 2.75) is 46.2 Å². The van der Waals surface area contributed by atoms with Gasteiger partial charge in [0.1, 0.15) is 5.75 Å². The molecule has 1 atom stereocenters. The van der Waals surface area contributed by atoms with Crippen LogP contribution in [0.4, 0.5) is 5.69 Å². The Morgan fingerprint density at radius 2 is 1.60 bits per heavy atom. The van der Waals surface area contributed by atoms with E-state index in [9.17, 15) is 13.2 Å². The molecule has 3 aromatic carbocycles. The molecule has 0 aromatic heterocycles. The van der Waals surface area contributed by atoms with E-state index in [4.69, 9.17) is 4.74 Å². The normalized spacial score (nSPS) is 12.3. The molecule has 0 saturated carbocycles. The van der Waals surface area contributed by atoms with Crippen molar-refractivity contribution in [3.63, 3.8) is 0 Å². The van der Waals surface area contributed by atoms with Crippen LogP contribution in [0, 0.1) is 6.92 Å². The second kappa shape index (κ2) is 11.0.